The number of benzene rings is 2. The first kappa shape index (κ1) is 28.6. The van der Waals surface area contributed by atoms with Crippen LogP contribution in [-0.2, 0) is 15.6 Å². The average Bonchev–Trinajstić information content (AvgIpc) is 3.23. The van der Waals surface area contributed by atoms with Gasteiger partial charge in [-0.15, -0.1) is 0 Å². The van der Waals surface area contributed by atoms with Crippen molar-refractivity contribution < 1.29 is 14.3 Å². The van der Waals surface area contributed by atoms with Gasteiger partial charge in [-0.1, -0.05) is 67.2 Å². The van der Waals surface area contributed by atoms with Gasteiger partial charge in [0.2, 0.25) is 0 Å². The Labute approximate surface area is 235 Å². The van der Waals surface area contributed by atoms with Gasteiger partial charge >= 0.3 is 0 Å². The van der Waals surface area contributed by atoms with Crippen molar-refractivity contribution in [2.45, 2.75) is 82.1 Å². The predicted molar refractivity (Wildman–Crippen MR) is 159 cm³/mol. The lowest BCUT2D eigenvalue weighted by molar-refractivity contribution is -0.104. The topological polar surface area (TPSA) is 54.6 Å². The molecule has 0 atom stereocenters. The molecule has 2 aromatic heterocycles. The molecule has 0 aliphatic rings. The van der Waals surface area contributed by atoms with Gasteiger partial charge in [-0.2, -0.15) is 5.10 Å². The highest BCUT2D eigenvalue weighted by Crippen LogP contribution is 2.44. The smallest absolute Gasteiger partial charge is 0.142 e. The van der Waals surface area contributed by atoms with E-state index in [9.17, 15) is 14.3 Å². The van der Waals surface area contributed by atoms with Crippen LogP contribution in [0.15, 0.2) is 64.5 Å². The number of carbonyl (C=O) groups excluding carboxylic acids is 1. The highest BCUT2D eigenvalue weighted by atomic mass is 32.2. The number of phenolic OH excluding ortho intramolecular Hbond substituents is 1. The minimum Gasteiger partial charge on any atom is -0.507 e. The molecular weight excluding hydrogens is 507 g/mol. The van der Waals surface area contributed by atoms with Gasteiger partial charge in [0.05, 0.1) is 11.2 Å². The SMILES string of the molecule is CC(C)c1c(/C=C/C=O)c(-c2ccc(F)cc2)nn2c(Sc3cc(C(C)(C)C)c(O)c(C(C)(C)C)c3)ccc12. The Kier molecular flexibility index (Phi) is 7.82. The van der Waals surface area contributed by atoms with E-state index >= 15 is 0 Å². The van der Waals surface area contributed by atoms with Gasteiger partial charge in [-0.05, 0) is 83.0 Å². The number of fused-ring (bicyclic) bond motifs is 1. The fraction of sp³-hybridized carbons (Fsp3) is 0.333. The Bertz CT molecular complexity index is 1520. The largest absolute Gasteiger partial charge is 0.507 e. The quantitative estimate of drug-likeness (QED) is 0.194. The summed E-state index contributed by atoms with van der Waals surface area (Å²) in [5.74, 6) is 0.176. The van der Waals surface area contributed by atoms with E-state index in [1.54, 1.807) is 30.0 Å². The Morgan fingerprint density at radius 2 is 1.54 bits per heavy atom. The van der Waals surface area contributed by atoms with Crippen LogP contribution in [0.4, 0.5) is 4.39 Å². The van der Waals surface area contributed by atoms with Crippen molar-refractivity contribution in [3.8, 4) is 17.0 Å². The molecule has 0 saturated heterocycles. The third-order valence-corrected chi connectivity index (χ3v) is 7.79. The lowest BCUT2D eigenvalue weighted by Crippen LogP contribution is -2.17. The summed E-state index contributed by atoms with van der Waals surface area (Å²) in [6, 6.07) is 14.5. The molecule has 0 aliphatic carbocycles. The number of allylic oxidation sites excluding steroid dienone is 1. The molecule has 2 aromatic carbocycles. The van der Waals surface area contributed by atoms with E-state index in [2.05, 4.69) is 79.7 Å². The zero-order valence-electron chi connectivity index (χ0n) is 24.0. The summed E-state index contributed by atoms with van der Waals surface area (Å²) >= 11 is 1.60. The molecular formula is C33H37FN2O2S. The lowest BCUT2D eigenvalue weighted by atomic mass is 9.79. The molecule has 0 saturated carbocycles. The molecule has 0 bridgehead atoms. The summed E-state index contributed by atoms with van der Waals surface area (Å²) in [7, 11) is 0. The van der Waals surface area contributed by atoms with Gasteiger partial charge in [0.15, 0.2) is 0 Å². The van der Waals surface area contributed by atoms with Gasteiger partial charge in [0, 0.05) is 27.1 Å². The average molecular weight is 545 g/mol. The molecule has 4 rings (SSSR count). The fourth-order valence-electron chi connectivity index (χ4n) is 4.88. The third-order valence-electron chi connectivity index (χ3n) is 6.80. The molecule has 4 nitrogen and oxygen atoms in total. The Balaban J connectivity index is 1.97. The molecule has 0 radical (unpaired) electrons. The number of aromatic hydroxyl groups is 1. The number of phenols is 1. The first-order chi connectivity index (χ1) is 18.2. The summed E-state index contributed by atoms with van der Waals surface area (Å²) in [5, 5.41) is 17.1. The summed E-state index contributed by atoms with van der Waals surface area (Å²) in [6.07, 6.45) is 4.02. The second kappa shape index (κ2) is 10.6. The van der Waals surface area contributed by atoms with Crippen molar-refractivity contribution in [1.29, 1.82) is 0 Å². The first-order valence-electron chi connectivity index (χ1n) is 13.2. The monoisotopic (exact) mass is 544 g/mol. The third kappa shape index (κ3) is 5.81. The Hall–Kier alpha value is -3.38. The number of halogens is 1. The van der Waals surface area contributed by atoms with Crippen LogP contribution in [0.1, 0.15) is 83.6 Å². The van der Waals surface area contributed by atoms with E-state index in [1.807, 2.05) is 4.52 Å². The predicted octanol–water partition coefficient (Wildman–Crippen LogP) is 8.93. The van der Waals surface area contributed by atoms with Crippen LogP contribution in [0.25, 0.3) is 22.9 Å². The standard InChI is InChI=1S/C33H37FN2O2S/c1-20(2)29-24(10-9-17-37)30(21-11-13-22(34)14-12-21)35-36-27(29)15-16-28(36)39-23-18-25(32(3,4)5)31(38)26(19-23)33(6,7)8/h9-20,38H,1-8H3/b10-9+. The second-order valence-electron chi connectivity index (χ2n) is 12.3. The van der Waals surface area contributed by atoms with Crippen LogP contribution in [0.3, 0.4) is 0 Å². The normalized spacial score (nSPS) is 12.7. The number of hydrogen-bond acceptors (Lipinski definition) is 4. The maximum absolute atomic E-state index is 13.8. The van der Waals surface area contributed by atoms with Gasteiger partial charge in [0.25, 0.3) is 0 Å². The molecule has 0 amide bonds. The van der Waals surface area contributed by atoms with E-state index in [-0.39, 0.29) is 22.6 Å². The number of aldehydes is 1. The summed E-state index contributed by atoms with van der Waals surface area (Å²) in [5.41, 5.74) is 5.65. The van der Waals surface area contributed by atoms with Crippen molar-refractivity contribution in [3.05, 3.63) is 82.7 Å². The minimum atomic E-state index is -0.317. The summed E-state index contributed by atoms with van der Waals surface area (Å²) in [6.45, 7) is 16.9. The zero-order valence-corrected chi connectivity index (χ0v) is 24.8. The van der Waals surface area contributed by atoms with Crippen molar-refractivity contribution >= 4 is 29.6 Å². The number of hydrogen-bond donors (Lipinski definition) is 1. The molecule has 0 spiro atoms. The molecule has 1 N–H and O–H groups in total. The highest BCUT2D eigenvalue weighted by molar-refractivity contribution is 7.99. The highest BCUT2D eigenvalue weighted by Gasteiger charge is 2.27. The molecule has 0 aliphatic heterocycles. The molecule has 204 valence electrons. The van der Waals surface area contributed by atoms with E-state index < -0.39 is 0 Å². The number of nitrogens with zero attached hydrogens (tertiary/aromatic N) is 2. The molecule has 39 heavy (non-hydrogen) atoms. The second-order valence-corrected chi connectivity index (χ2v) is 13.4. The molecule has 6 heteroatoms. The van der Waals surface area contributed by atoms with Crippen LogP contribution in [0.5, 0.6) is 5.75 Å². The van der Waals surface area contributed by atoms with Crippen LogP contribution in [0, 0.1) is 5.82 Å². The van der Waals surface area contributed by atoms with Gasteiger partial charge < -0.3 is 5.11 Å². The zero-order chi connectivity index (χ0) is 28.7. The number of rotatable bonds is 6. The molecule has 0 unspecified atom stereocenters. The minimum absolute atomic E-state index is 0.141. The van der Waals surface area contributed by atoms with Crippen molar-refractivity contribution in [2.24, 2.45) is 0 Å². The fourth-order valence-corrected chi connectivity index (χ4v) is 5.83. The van der Waals surface area contributed by atoms with Crippen LogP contribution < -0.4 is 0 Å². The summed E-state index contributed by atoms with van der Waals surface area (Å²) in [4.78, 5) is 12.3. The maximum Gasteiger partial charge on any atom is 0.142 e. The number of aromatic nitrogens is 2. The Morgan fingerprint density at radius 1 is 0.949 bits per heavy atom. The van der Waals surface area contributed by atoms with E-state index in [4.69, 9.17) is 5.10 Å². The van der Waals surface area contributed by atoms with Crippen molar-refractivity contribution in [3.63, 3.8) is 0 Å². The van der Waals surface area contributed by atoms with Crippen LogP contribution >= 0.6 is 11.8 Å². The van der Waals surface area contributed by atoms with E-state index in [1.165, 1.54) is 18.2 Å². The van der Waals surface area contributed by atoms with Gasteiger partial charge in [0.1, 0.15) is 22.9 Å². The maximum atomic E-state index is 13.8. The molecule has 4 aromatic rings. The Morgan fingerprint density at radius 3 is 2.05 bits per heavy atom. The van der Waals surface area contributed by atoms with Crippen molar-refractivity contribution in [2.75, 3.05) is 0 Å². The molecule has 0 fully saturated rings. The summed E-state index contributed by atoms with van der Waals surface area (Å²) < 4.78 is 15.7. The molecule has 2 heterocycles. The van der Waals surface area contributed by atoms with Crippen molar-refractivity contribution in [1.82, 2.24) is 9.61 Å². The van der Waals surface area contributed by atoms with Gasteiger partial charge in [-0.3, -0.25) is 4.79 Å². The lowest BCUT2D eigenvalue weighted by Gasteiger charge is -2.28. The van der Waals surface area contributed by atoms with Crippen LogP contribution in [0.2, 0.25) is 0 Å². The van der Waals surface area contributed by atoms with E-state index in [0.717, 1.165) is 49.5 Å². The van der Waals surface area contributed by atoms with E-state index in [0.29, 0.717) is 11.4 Å². The number of carbonyl (C=O) groups is 1. The van der Waals surface area contributed by atoms with Crippen LogP contribution in [-0.4, -0.2) is 21.0 Å². The first-order valence-corrected chi connectivity index (χ1v) is 14.0. The van der Waals surface area contributed by atoms with Gasteiger partial charge in [-0.25, -0.2) is 8.91 Å².